The van der Waals surface area contributed by atoms with Crippen molar-refractivity contribution in [2.45, 2.75) is 89.1 Å². The molecule has 0 bridgehead atoms. The van der Waals surface area contributed by atoms with Gasteiger partial charge in [0.15, 0.2) is 0 Å². The molecule has 2 saturated heterocycles. The lowest BCUT2D eigenvalue weighted by Crippen LogP contribution is -2.52. The molecule has 2 nitrogen and oxygen atoms in total. The standard InChI is InChI=1S/C31H50N2P2/c1-29(2,3)35(30(4,5)6)22-25-18-24(23-12-8-7-9-13-23)19-28(25)31(34,26-14-10-16-32-20-26)27-15-11-17-33-21-27/h7-9,12,18-19,26-27,32-33H,10-11,13-17,20-22,34H2,1-6H3. The minimum atomic E-state index is -0.203. The maximum Gasteiger partial charge on any atom is 0.0181 e. The van der Waals surface area contributed by atoms with Crippen LogP contribution in [0.5, 0.6) is 0 Å². The zero-order valence-electron chi connectivity index (χ0n) is 23.2. The summed E-state index contributed by atoms with van der Waals surface area (Å²) in [5.74, 6) is 1.34. The van der Waals surface area contributed by atoms with Crippen molar-refractivity contribution in [2.75, 3.05) is 32.3 Å². The Kier molecular flexibility index (Phi) is 8.70. The molecule has 0 aromatic carbocycles. The van der Waals surface area contributed by atoms with E-state index in [4.69, 9.17) is 0 Å². The summed E-state index contributed by atoms with van der Waals surface area (Å²) >= 11 is 0. The van der Waals surface area contributed by atoms with Gasteiger partial charge >= 0.3 is 0 Å². The van der Waals surface area contributed by atoms with E-state index in [1.165, 1.54) is 56.1 Å². The average Bonchev–Trinajstić information content (AvgIpc) is 3.27. The number of hydrogen-bond donors (Lipinski definition) is 2. The molecule has 3 unspecified atom stereocenters. The van der Waals surface area contributed by atoms with Gasteiger partial charge in [-0.3, -0.25) is 0 Å². The highest BCUT2D eigenvalue weighted by Crippen LogP contribution is 2.62. The van der Waals surface area contributed by atoms with E-state index in [0.29, 0.717) is 22.1 Å². The fourth-order valence-corrected chi connectivity index (χ4v) is 11.3. The number of hydrogen-bond acceptors (Lipinski definition) is 2. The van der Waals surface area contributed by atoms with E-state index in [1.807, 2.05) is 0 Å². The first-order chi connectivity index (χ1) is 16.5. The lowest BCUT2D eigenvalue weighted by molar-refractivity contribution is 0.221. The quantitative estimate of drug-likeness (QED) is 0.376. The van der Waals surface area contributed by atoms with Crippen LogP contribution in [-0.2, 0) is 0 Å². The largest absolute Gasteiger partial charge is 0.316 e. The van der Waals surface area contributed by atoms with Crippen LogP contribution in [0, 0.1) is 11.8 Å². The van der Waals surface area contributed by atoms with Crippen LogP contribution in [0.15, 0.2) is 58.7 Å². The van der Waals surface area contributed by atoms with Gasteiger partial charge in [-0.05, 0) is 109 Å². The molecule has 4 aliphatic rings. The normalized spacial score (nSPS) is 29.8. The number of rotatable bonds is 5. The van der Waals surface area contributed by atoms with Crippen LogP contribution in [-0.4, -0.2) is 47.8 Å². The summed E-state index contributed by atoms with van der Waals surface area (Å²) in [4.78, 5) is 0. The molecule has 2 aliphatic carbocycles. The highest BCUT2D eigenvalue weighted by molar-refractivity contribution is 7.61. The van der Waals surface area contributed by atoms with Gasteiger partial charge in [0.25, 0.3) is 0 Å². The van der Waals surface area contributed by atoms with Crippen LogP contribution in [0.3, 0.4) is 0 Å². The zero-order chi connectivity index (χ0) is 25.3. The average molecular weight is 513 g/mol. The van der Waals surface area contributed by atoms with Gasteiger partial charge in [0.1, 0.15) is 0 Å². The molecule has 0 saturated carbocycles. The minimum Gasteiger partial charge on any atom is -0.316 e. The Balaban J connectivity index is 1.81. The minimum absolute atomic E-state index is 0.125. The Bertz CT molecular complexity index is 879. The summed E-state index contributed by atoms with van der Waals surface area (Å²) in [6.07, 6.45) is 21.8. The first-order valence-electron chi connectivity index (χ1n) is 14.0. The van der Waals surface area contributed by atoms with Gasteiger partial charge in [-0.1, -0.05) is 85.9 Å². The van der Waals surface area contributed by atoms with E-state index >= 15 is 0 Å². The summed E-state index contributed by atoms with van der Waals surface area (Å²) in [5, 5.41) is 8.32. The first kappa shape index (κ1) is 27.5. The molecular weight excluding hydrogens is 462 g/mol. The second kappa shape index (κ2) is 11.1. The van der Waals surface area contributed by atoms with E-state index in [0.717, 1.165) is 19.5 Å². The Morgan fingerprint density at radius 2 is 1.49 bits per heavy atom. The summed E-state index contributed by atoms with van der Waals surface area (Å²) in [6.45, 7) is 19.5. The van der Waals surface area contributed by atoms with Crippen molar-refractivity contribution in [1.29, 1.82) is 0 Å². The van der Waals surface area contributed by atoms with Gasteiger partial charge in [-0.15, -0.1) is 9.24 Å². The van der Waals surface area contributed by atoms with Crippen molar-refractivity contribution in [3.63, 3.8) is 0 Å². The van der Waals surface area contributed by atoms with Crippen LogP contribution >= 0.6 is 17.2 Å². The molecule has 0 spiro atoms. The molecule has 194 valence electrons. The molecule has 2 heterocycles. The van der Waals surface area contributed by atoms with E-state index in [2.05, 4.69) is 97.9 Å². The summed E-state index contributed by atoms with van der Waals surface area (Å²) < 4.78 is 0. The number of piperidine rings is 2. The van der Waals surface area contributed by atoms with Crippen molar-refractivity contribution in [3.05, 3.63) is 58.7 Å². The summed E-state index contributed by atoms with van der Waals surface area (Å²) in [5.41, 5.74) is 6.23. The fourth-order valence-electron chi connectivity index (χ4n) is 6.95. The molecule has 4 heteroatoms. The zero-order valence-corrected chi connectivity index (χ0v) is 25.3. The van der Waals surface area contributed by atoms with E-state index in [1.54, 1.807) is 11.1 Å². The molecule has 0 amide bonds. The van der Waals surface area contributed by atoms with Crippen LogP contribution in [0.25, 0.3) is 0 Å². The van der Waals surface area contributed by atoms with Crippen LogP contribution in [0.4, 0.5) is 0 Å². The van der Waals surface area contributed by atoms with Crippen molar-refractivity contribution >= 4 is 17.2 Å². The van der Waals surface area contributed by atoms with E-state index in [9.17, 15) is 0 Å². The summed E-state index contributed by atoms with van der Waals surface area (Å²) in [7, 11) is 3.31. The molecule has 35 heavy (non-hydrogen) atoms. The van der Waals surface area contributed by atoms with Crippen molar-refractivity contribution in [2.24, 2.45) is 11.8 Å². The monoisotopic (exact) mass is 512 g/mol. The first-order valence-corrected chi connectivity index (χ1v) is 16.1. The highest BCUT2D eigenvalue weighted by atomic mass is 31.1. The van der Waals surface area contributed by atoms with Crippen molar-refractivity contribution in [3.8, 4) is 0 Å². The molecular formula is C31H50N2P2. The maximum atomic E-state index is 3.77. The predicted octanol–water partition coefficient (Wildman–Crippen LogP) is 7.36. The van der Waals surface area contributed by atoms with E-state index < -0.39 is 0 Å². The van der Waals surface area contributed by atoms with E-state index in [-0.39, 0.29) is 13.1 Å². The Morgan fingerprint density at radius 3 is 1.94 bits per heavy atom. The molecule has 3 atom stereocenters. The number of allylic oxidation sites excluding steroid dienone is 10. The SMILES string of the molecule is CC(C)(C)P(CC1=CC(=C2C=CC=CC2)C=C1C(P)(C1CCCNC1)C1CCCNC1)C(C)(C)C. The van der Waals surface area contributed by atoms with Gasteiger partial charge in [0.2, 0.25) is 0 Å². The van der Waals surface area contributed by atoms with Crippen molar-refractivity contribution < 1.29 is 0 Å². The third-order valence-corrected chi connectivity index (χ3v) is 13.7. The summed E-state index contributed by atoms with van der Waals surface area (Å²) in [6, 6.07) is 0. The molecule has 0 aromatic heterocycles. The third kappa shape index (κ3) is 6.14. The number of nitrogens with one attached hydrogen (secondary N) is 2. The predicted molar refractivity (Wildman–Crippen MR) is 161 cm³/mol. The lowest BCUT2D eigenvalue weighted by atomic mass is 9.69. The molecule has 2 N–H and O–H groups in total. The Labute approximate surface area is 219 Å². The smallest absolute Gasteiger partial charge is 0.0181 e. The molecule has 4 rings (SSSR count). The Morgan fingerprint density at radius 1 is 0.886 bits per heavy atom. The maximum absolute atomic E-state index is 3.77. The second-order valence-electron chi connectivity index (χ2n) is 13.1. The Hall–Kier alpha value is -0.520. The molecule has 2 aliphatic heterocycles. The molecule has 2 fully saturated rings. The van der Waals surface area contributed by atoms with Gasteiger partial charge in [-0.2, -0.15) is 0 Å². The highest BCUT2D eigenvalue weighted by Gasteiger charge is 2.48. The van der Waals surface area contributed by atoms with Gasteiger partial charge < -0.3 is 10.6 Å². The molecule has 0 radical (unpaired) electrons. The van der Waals surface area contributed by atoms with Gasteiger partial charge in [0, 0.05) is 5.16 Å². The van der Waals surface area contributed by atoms with Gasteiger partial charge in [-0.25, -0.2) is 0 Å². The van der Waals surface area contributed by atoms with Crippen LogP contribution < -0.4 is 10.6 Å². The van der Waals surface area contributed by atoms with Gasteiger partial charge in [0.05, 0.1) is 0 Å². The van der Waals surface area contributed by atoms with Crippen LogP contribution in [0.2, 0.25) is 0 Å². The second-order valence-corrected chi connectivity index (χ2v) is 18.0. The fraction of sp³-hybridized carbons (Fsp3) is 0.677. The van der Waals surface area contributed by atoms with Crippen molar-refractivity contribution in [1.82, 2.24) is 10.6 Å². The topological polar surface area (TPSA) is 24.1 Å². The third-order valence-electron chi connectivity index (χ3n) is 8.59. The lowest BCUT2D eigenvalue weighted by Gasteiger charge is -2.50. The van der Waals surface area contributed by atoms with Crippen LogP contribution in [0.1, 0.15) is 73.6 Å². The molecule has 0 aromatic rings.